The SMILES string of the molecule is C[C@H]1CN([C@@H](C)CO)C(=O)c2cc(NC(=O)C3CCCCC3)ccc2O[C@H]1CN(C)S(=O)(=O)c1cn(C)cn1. The molecule has 2 heterocycles. The number of sulfonamides is 1. The van der Waals surface area contributed by atoms with Crippen LogP contribution in [0.1, 0.15) is 56.3 Å². The number of rotatable bonds is 8. The molecule has 1 aliphatic heterocycles. The van der Waals surface area contributed by atoms with Crippen LogP contribution >= 0.6 is 0 Å². The van der Waals surface area contributed by atoms with Gasteiger partial charge in [-0.15, -0.1) is 0 Å². The van der Waals surface area contributed by atoms with E-state index in [4.69, 9.17) is 4.74 Å². The van der Waals surface area contributed by atoms with E-state index in [1.54, 1.807) is 41.6 Å². The zero-order valence-electron chi connectivity index (χ0n) is 23.0. The van der Waals surface area contributed by atoms with Gasteiger partial charge in [-0.1, -0.05) is 26.2 Å². The van der Waals surface area contributed by atoms with Gasteiger partial charge in [-0.2, -0.15) is 4.31 Å². The second-order valence-electron chi connectivity index (χ2n) is 10.8. The summed E-state index contributed by atoms with van der Waals surface area (Å²) in [5.41, 5.74) is 0.752. The molecule has 1 aliphatic carbocycles. The Morgan fingerprint density at radius 2 is 2.00 bits per heavy atom. The molecule has 2 aromatic rings. The maximum atomic E-state index is 13.7. The number of nitrogens with one attached hydrogen (secondary N) is 1. The number of likely N-dealkylation sites (N-methyl/N-ethyl adjacent to an activating group) is 1. The standard InChI is InChI=1S/C27H39N5O6S/c1-18-13-32(19(2)16-33)27(35)22-12-21(29-26(34)20-8-6-5-7-9-20)10-11-23(22)38-24(18)14-31(4)39(36,37)25-15-30(3)17-28-25/h10-12,15,17-20,24,33H,5-9,13-14,16H2,1-4H3,(H,29,34)/t18-,19-,24-/m0/s1. The number of hydrogen-bond donors (Lipinski definition) is 2. The summed E-state index contributed by atoms with van der Waals surface area (Å²) in [4.78, 5) is 32.1. The molecule has 2 aliphatic rings. The molecule has 1 aromatic carbocycles. The number of imidazole rings is 1. The van der Waals surface area contributed by atoms with Gasteiger partial charge in [0.2, 0.25) is 5.91 Å². The summed E-state index contributed by atoms with van der Waals surface area (Å²) in [6.45, 7) is 3.69. The van der Waals surface area contributed by atoms with Gasteiger partial charge < -0.3 is 24.6 Å². The van der Waals surface area contributed by atoms with Crippen LogP contribution in [-0.2, 0) is 21.9 Å². The van der Waals surface area contributed by atoms with Gasteiger partial charge in [0.05, 0.1) is 31.1 Å². The predicted octanol–water partition coefficient (Wildman–Crippen LogP) is 2.48. The van der Waals surface area contributed by atoms with Crippen LogP contribution in [0, 0.1) is 11.8 Å². The third kappa shape index (κ3) is 6.44. The lowest BCUT2D eigenvalue weighted by molar-refractivity contribution is -0.120. The summed E-state index contributed by atoms with van der Waals surface area (Å²) in [6.07, 6.45) is 7.19. The number of aromatic nitrogens is 2. The molecular weight excluding hydrogens is 522 g/mol. The Kier molecular flexibility index (Phi) is 8.97. The third-order valence-corrected chi connectivity index (χ3v) is 9.41. The van der Waals surface area contributed by atoms with Crippen LogP contribution in [0.25, 0.3) is 0 Å². The summed E-state index contributed by atoms with van der Waals surface area (Å²) >= 11 is 0. The lowest BCUT2D eigenvalue weighted by Gasteiger charge is -2.38. The number of nitrogens with zero attached hydrogens (tertiary/aromatic N) is 4. The van der Waals surface area contributed by atoms with E-state index in [9.17, 15) is 23.1 Å². The van der Waals surface area contributed by atoms with Crippen molar-refractivity contribution in [2.45, 2.75) is 63.1 Å². The minimum atomic E-state index is -3.86. The van der Waals surface area contributed by atoms with Gasteiger partial charge in [0.15, 0.2) is 5.03 Å². The number of aliphatic hydroxyl groups is 1. The average molecular weight is 562 g/mol. The summed E-state index contributed by atoms with van der Waals surface area (Å²) in [6, 6.07) is 4.48. The molecule has 1 saturated carbocycles. The van der Waals surface area contributed by atoms with Gasteiger partial charge >= 0.3 is 0 Å². The number of aryl methyl sites for hydroxylation is 1. The number of aliphatic hydroxyl groups excluding tert-OH is 1. The molecule has 214 valence electrons. The fourth-order valence-corrected chi connectivity index (χ4v) is 6.30. The lowest BCUT2D eigenvalue weighted by Crippen LogP contribution is -2.50. The number of anilines is 1. The summed E-state index contributed by atoms with van der Waals surface area (Å²) in [5, 5.41) is 12.8. The summed E-state index contributed by atoms with van der Waals surface area (Å²) < 4.78 is 35.3. The Balaban J connectivity index is 1.62. The first-order chi connectivity index (χ1) is 18.5. The highest BCUT2D eigenvalue weighted by molar-refractivity contribution is 7.89. The van der Waals surface area contributed by atoms with E-state index in [2.05, 4.69) is 10.3 Å². The molecule has 39 heavy (non-hydrogen) atoms. The largest absolute Gasteiger partial charge is 0.488 e. The van der Waals surface area contributed by atoms with E-state index in [1.807, 2.05) is 6.92 Å². The molecule has 0 unspecified atom stereocenters. The Morgan fingerprint density at radius 3 is 2.64 bits per heavy atom. The van der Waals surface area contributed by atoms with Gasteiger partial charge in [0.25, 0.3) is 15.9 Å². The minimum absolute atomic E-state index is 0.0230. The van der Waals surface area contributed by atoms with Crippen molar-refractivity contribution >= 4 is 27.5 Å². The monoisotopic (exact) mass is 561 g/mol. The normalized spacial score (nSPS) is 21.6. The van der Waals surface area contributed by atoms with Crippen LogP contribution in [-0.4, -0.2) is 83.0 Å². The number of hydrogen-bond acceptors (Lipinski definition) is 7. The number of fused-ring (bicyclic) bond motifs is 1. The zero-order valence-corrected chi connectivity index (χ0v) is 23.9. The Morgan fingerprint density at radius 1 is 1.28 bits per heavy atom. The van der Waals surface area contributed by atoms with E-state index in [-0.39, 0.29) is 53.9 Å². The van der Waals surface area contributed by atoms with E-state index < -0.39 is 22.2 Å². The van der Waals surface area contributed by atoms with Gasteiger partial charge in [0.1, 0.15) is 11.9 Å². The number of carbonyl (C=O) groups excluding carboxylic acids is 2. The fourth-order valence-electron chi connectivity index (χ4n) is 5.16. The average Bonchev–Trinajstić information content (AvgIpc) is 3.38. The third-order valence-electron chi connectivity index (χ3n) is 7.70. The van der Waals surface area contributed by atoms with E-state index >= 15 is 0 Å². The van der Waals surface area contributed by atoms with Crippen molar-refractivity contribution in [1.82, 2.24) is 18.8 Å². The van der Waals surface area contributed by atoms with Crippen LogP contribution in [0.4, 0.5) is 5.69 Å². The van der Waals surface area contributed by atoms with Gasteiger partial charge in [-0.05, 0) is 38.0 Å². The molecule has 1 fully saturated rings. The zero-order chi connectivity index (χ0) is 28.3. The van der Waals surface area contributed by atoms with E-state index in [0.29, 0.717) is 11.4 Å². The van der Waals surface area contributed by atoms with Crippen molar-refractivity contribution in [3.8, 4) is 5.75 Å². The van der Waals surface area contributed by atoms with Gasteiger partial charge in [0, 0.05) is 44.4 Å². The van der Waals surface area contributed by atoms with Crippen molar-refractivity contribution in [1.29, 1.82) is 0 Å². The van der Waals surface area contributed by atoms with Crippen molar-refractivity contribution < 1.29 is 27.9 Å². The highest BCUT2D eigenvalue weighted by atomic mass is 32.2. The van der Waals surface area contributed by atoms with Crippen LogP contribution in [0.3, 0.4) is 0 Å². The Hall–Kier alpha value is -2.96. The first-order valence-corrected chi connectivity index (χ1v) is 14.9. The highest BCUT2D eigenvalue weighted by Gasteiger charge is 2.36. The van der Waals surface area contributed by atoms with Crippen molar-refractivity contribution in [3.63, 3.8) is 0 Å². The maximum absolute atomic E-state index is 13.7. The molecule has 4 rings (SSSR count). The van der Waals surface area contributed by atoms with E-state index in [0.717, 1.165) is 32.1 Å². The minimum Gasteiger partial charge on any atom is -0.488 e. The van der Waals surface area contributed by atoms with Gasteiger partial charge in [-0.25, -0.2) is 13.4 Å². The predicted molar refractivity (Wildman–Crippen MR) is 146 cm³/mol. The number of ether oxygens (including phenoxy) is 1. The molecule has 2 N–H and O–H groups in total. The molecule has 0 radical (unpaired) electrons. The smallest absolute Gasteiger partial charge is 0.261 e. The van der Waals surface area contributed by atoms with Crippen molar-refractivity contribution in [2.75, 3.05) is 32.1 Å². The molecule has 0 spiro atoms. The van der Waals surface area contributed by atoms with Crippen LogP contribution in [0.15, 0.2) is 35.7 Å². The van der Waals surface area contributed by atoms with Crippen LogP contribution in [0.5, 0.6) is 5.75 Å². The molecule has 12 heteroatoms. The second kappa shape index (κ2) is 12.1. The highest BCUT2D eigenvalue weighted by Crippen LogP contribution is 2.32. The van der Waals surface area contributed by atoms with Gasteiger partial charge in [-0.3, -0.25) is 9.59 Å². The van der Waals surface area contributed by atoms with E-state index in [1.165, 1.54) is 23.9 Å². The Labute approximate surface area is 230 Å². The summed E-state index contributed by atoms with van der Waals surface area (Å²) in [7, 11) is -0.690. The molecule has 0 bridgehead atoms. The summed E-state index contributed by atoms with van der Waals surface area (Å²) in [5.74, 6) is -0.378. The first-order valence-electron chi connectivity index (χ1n) is 13.5. The molecule has 1 aromatic heterocycles. The lowest BCUT2D eigenvalue weighted by atomic mass is 9.88. The van der Waals surface area contributed by atoms with Crippen LogP contribution < -0.4 is 10.1 Å². The topological polar surface area (TPSA) is 134 Å². The molecular formula is C27H39N5O6S. The Bertz CT molecular complexity index is 1290. The quantitative estimate of drug-likeness (QED) is 0.506. The van der Waals surface area contributed by atoms with Crippen LogP contribution in [0.2, 0.25) is 0 Å². The fraction of sp³-hybridized carbons (Fsp3) is 0.593. The maximum Gasteiger partial charge on any atom is 0.261 e. The number of benzene rings is 1. The second-order valence-corrected chi connectivity index (χ2v) is 12.8. The molecule has 11 nitrogen and oxygen atoms in total. The van der Waals surface area contributed by atoms with Crippen molar-refractivity contribution in [2.24, 2.45) is 18.9 Å². The molecule has 3 atom stereocenters. The molecule has 2 amide bonds. The van der Waals surface area contributed by atoms with Crippen molar-refractivity contribution in [3.05, 3.63) is 36.3 Å². The molecule has 0 saturated heterocycles. The first kappa shape index (κ1) is 29.0. The number of carbonyl (C=O) groups is 2. The number of amides is 2.